The topological polar surface area (TPSA) is 35.2 Å². The highest BCUT2D eigenvalue weighted by Crippen LogP contribution is 2.32. The van der Waals surface area contributed by atoms with Crippen LogP contribution >= 0.6 is 11.6 Å². The van der Waals surface area contributed by atoms with Gasteiger partial charge in [-0.05, 0) is 68.8 Å². The Bertz CT molecular complexity index is 391. The Labute approximate surface area is 115 Å². The summed E-state index contributed by atoms with van der Waals surface area (Å²) in [6, 6.07) is 2.06. The normalized spacial score (nSPS) is 10.7. The van der Waals surface area contributed by atoms with E-state index >= 15 is 0 Å². The van der Waals surface area contributed by atoms with E-state index in [9.17, 15) is 0 Å². The second-order valence-corrected chi connectivity index (χ2v) is 5.08. The molecule has 102 valence electrons. The molecule has 0 aliphatic heterocycles. The highest BCUT2D eigenvalue weighted by atomic mass is 35.5. The quantitative estimate of drug-likeness (QED) is 0.759. The van der Waals surface area contributed by atoms with Gasteiger partial charge in [-0.2, -0.15) is 0 Å². The molecule has 18 heavy (non-hydrogen) atoms. The summed E-state index contributed by atoms with van der Waals surface area (Å²) in [4.78, 5) is 0. The van der Waals surface area contributed by atoms with E-state index in [4.69, 9.17) is 22.1 Å². The van der Waals surface area contributed by atoms with E-state index in [0.29, 0.717) is 0 Å². The van der Waals surface area contributed by atoms with Crippen LogP contribution in [0.15, 0.2) is 6.07 Å². The van der Waals surface area contributed by atoms with Crippen molar-refractivity contribution in [3.05, 3.63) is 27.8 Å². The van der Waals surface area contributed by atoms with Gasteiger partial charge in [-0.1, -0.05) is 18.5 Å². The number of benzene rings is 1. The van der Waals surface area contributed by atoms with Crippen molar-refractivity contribution >= 4 is 11.6 Å². The molecule has 2 N–H and O–H groups in total. The van der Waals surface area contributed by atoms with Gasteiger partial charge >= 0.3 is 0 Å². The Kier molecular flexibility index (Phi) is 6.51. The van der Waals surface area contributed by atoms with E-state index in [1.807, 2.05) is 6.92 Å². The highest BCUT2D eigenvalue weighted by molar-refractivity contribution is 6.32. The van der Waals surface area contributed by atoms with Crippen molar-refractivity contribution in [3.8, 4) is 5.75 Å². The molecule has 0 atom stereocenters. The molecule has 1 aromatic carbocycles. The number of hydrogen-bond donors (Lipinski definition) is 1. The Morgan fingerprint density at radius 1 is 1.28 bits per heavy atom. The minimum Gasteiger partial charge on any atom is -0.493 e. The number of hydrogen-bond acceptors (Lipinski definition) is 2. The monoisotopic (exact) mass is 269 g/mol. The lowest BCUT2D eigenvalue weighted by molar-refractivity contribution is 0.313. The van der Waals surface area contributed by atoms with Gasteiger partial charge in [0.05, 0.1) is 6.61 Å². The first-order valence-electron chi connectivity index (χ1n) is 6.73. The number of rotatable bonds is 7. The maximum atomic E-state index is 6.32. The fourth-order valence-electron chi connectivity index (χ4n) is 2.06. The molecule has 0 unspecified atom stereocenters. The number of aryl methyl sites for hydroxylation is 1. The molecule has 0 heterocycles. The SMILES string of the molecule is CCCOc1cc(C)c(Cl)c(C)c1CCCCN. The number of unbranched alkanes of at least 4 members (excludes halogenated alkanes) is 1. The third kappa shape index (κ3) is 3.89. The lowest BCUT2D eigenvalue weighted by atomic mass is 9.99. The van der Waals surface area contributed by atoms with Crippen LogP contribution in [-0.4, -0.2) is 13.2 Å². The van der Waals surface area contributed by atoms with Gasteiger partial charge in [-0.3, -0.25) is 0 Å². The van der Waals surface area contributed by atoms with Crippen molar-refractivity contribution in [2.45, 2.75) is 46.5 Å². The molecular formula is C15H24ClNO. The number of halogens is 1. The second kappa shape index (κ2) is 7.65. The van der Waals surface area contributed by atoms with Gasteiger partial charge in [0.1, 0.15) is 5.75 Å². The average molecular weight is 270 g/mol. The molecule has 0 aromatic heterocycles. The van der Waals surface area contributed by atoms with Gasteiger partial charge in [0, 0.05) is 5.02 Å². The standard InChI is InChI=1S/C15H24ClNO/c1-4-9-18-14-10-11(2)15(16)12(3)13(14)7-5-6-8-17/h10H,4-9,17H2,1-3H3. The number of nitrogens with two attached hydrogens (primary N) is 1. The van der Waals surface area contributed by atoms with Crippen LogP contribution in [0.3, 0.4) is 0 Å². The zero-order chi connectivity index (χ0) is 13.5. The molecular weight excluding hydrogens is 246 g/mol. The Hall–Kier alpha value is -0.730. The van der Waals surface area contributed by atoms with E-state index in [1.54, 1.807) is 0 Å². The van der Waals surface area contributed by atoms with Gasteiger partial charge in [-0.25, -0.2) is 0 Å². The van der Waals surface area contributed by atoms with Gasteiger partial charge < -0.3 is 10.5 Å². The van der Waals surface area contributed by atoms with Crippen LogP contribution in [0.5, 0.6) is 5.75 Å². The van der Waals surface area contributed by atoms with Crippen LogP contribution in [0.4, 0.5) is 0 Å². The Balaban J connectivity index is 2.97. The molecule has 0 spiro atoms. The fourth-order valence-corrected chi connectivity index (χ4v) is 2.23. The first-order chi connectivity index (χ1) is 8.61. The van der Waals surface area contributed by atoms with Crippen molar-refractivity contribution in [2.75, 3.05) is 13.2 Å². The second-order valence-electron chi connectivity index (χ2n) is 4.70. The molecule has 0 fully saturated rings. The molecule has 0 saturated carbocycles. The third-order valence-corrected chi connectivity index (χ3v) is 3.70. The minimum absolute atomic E-state index is 0.740. The largest absolute Gasteiger partial charge is 0.493 e. The summed E-state index contributed by atoms with van der Waals surface area (Å²) in [5, 5.41) is 0.863. The van der Waals surface area contributed by atoms with E-state index < -0.39 is 0 Å². The summed E-state index contributed by atoms with van der Waals surface area (Å²) in [6.07, 6.45) is 4.13. The lowest BCUT2D eigenvalue weighted by Crippen LogP contribution is -2.04. The summed E-state index contributed by atoms with van der Waals surface area (Å²) in [7, 11) is 0. The van der Waals surface area contributed by atoms with Crippen molar-refractivity contribution in [3.63, 3.8) is 0 Å². The van der Waals surface area contributed by atoms with Gasteiger partial charge in [0.15, 0.2) is 0 Å². The molecule has 0 bridgehead atoms. The van der Waals surface area contributed by atoms with Gasteiger partial charge in [-0.15, -0.1) is 0 Å². The molecule has 0 aliphatic rings. The van der Waals surface area contributed by atoms with Crippen LogP contribution < -0.4 is 10.5 Å². The zero-order valence-electron chi connectivity index (χ0n) is 11.7. The van der Waals surface area contributed by atoms with E-state index in [-0.39, 0.29) is 0 Å². The summed E-state index contributed by atoms with van der Waals surface area (Å²) in [5.74, 6) is 0.994. The third-order valence-electron chi connectivity index (χ3n) is 3.12. The molecule has 0 saturated heterocycles. The first kappa shape index (κ1) is 15.3. The zero-order valence-corrected chi connectivity index (χ0v) is 12.4. The lowest BCUT2D eigenvalue weighted by Gasteiger charge is -2.16. The predicted octanol–water partition coefficient (Wildman–Crippen LogP) is 4.03. The van der Waals surface area contributed by atoms with Crippen molar-refractivity contribution < 1.29 is 4.74 Å². The van der Waals surface area contributed by atoms with Crippen LogP contribution in [-0.2, 0) is 6.42 Å². The summed E-state index contributed by atoms with van der Waals surface area (Å²) < 4.78 is 5.84. The van der Waals surface area contributed by atoms with Crippen molar-refractivity contribution in [1.82, 2.24) is 0 Å². The van der Waals surface area contributed by atoms with Crippen LogP contribution in [0.2, 0.25) is 5.02 Å². The van der Waals surface area contributed by atoms with Crippen molar-refractivity contribution in [1.29, 1.82) is 0 Å². The van der Waals surface area contributed by atoms with E-state index in [1.165, 1.54) is 5.56 Å². The van der Waals surface area contributed by atoms with Crippen LogP contribution in [0, 0.1) is 13.8 Å². The van der Waals surface area contributed by atoms with E-state index in [0.717, 1.165) is 60.7 Å². The molecule has 2 nitrogen and oxygen atoms in total. The molecule has 0 aliphatic carbocycles. The van der Waals surface area contributed by atoms with Crippen molar-refractivity contribution in [2.24, 2.45) is 5.73 Å². The maximum absolute atomic E-state index is 6.32. The molecule has 1 rings (SSSR count). The minimum atomic E-state index is 0.740. The first-order valence-corrected chi connectivity index (χ1v) is 7.11. The summed E-state index contributed by atoms with van der Waals surface area (Å²) in [5.41, 5.74) is 9.03. The molecule has 0 amide bonds. The highest BCUT2D eigenvalue weighted by Gasteiger charge is 2.12. The van der Waals surface area contributed by atoms with Crippen LogP contribution in [0.1, 0.15) is 42.9 Å². The number of ether oxygens (including phenoxy) is 1. The smallest absolute Gasteiger partial charge is 0.123 e. The summed E-state index contributed by atoms with van der Waals surface area (Å²) >= 11 is 6.32. The molecule has 1 aromatic rings. The molecule has 3 heteroatoms. The Morgan fingerprint density at radius 3 is 2.61 bits per heavy atom. The van der Waals surface area contributed by atoms with E-state index in [2.05, 4.69) is 19.9 Å². The molecule has 0 radical (unpaired) electrons. The average Bonchev–Trinajstić information content (AvgIpc) is 2.37. The maximum Gasteiger partial charge on any atom is 0.123 e. The van der Waals surface area contributed by atoms with Crippen LogP contribution in [0.25, 0.3) is 0 Å². The van der Waals surface area contributed by atoms with Gasteiger partial charge in [0.25, 0.3) is 0 Å². The van der Waals surface area contributed by atoms with Gasteiger partial charge in [0.2, 0.25) is 0 Å². The Morgan fingerprint density at radius 2 is 2.00 bits per heavy atom. The summed E-state index contributed by atoms with van der Waals surface area (Å²) in [6.45, 7) is 7.71. The predicted molar refractivity (Wildman–Crippen MR) is 78.7 cm³/mol. The fraction of sp³-hybridized carbons (Fsp3) is 0.600.